The summed E-state index contributed by atoms with van der Waals surface area (Å²) in [6, 6.07) is 22.3. The van der Waals surface area contributed by atoms with E-state index in [4.69, 9.17) is 11.1 Å². The number of aryl methyl sites for hydroxylation is 1. The second kappa shape index (κ2) is 22.9. The number of halogens is 1. The molecule has 3 saturated heterocycles. The van der Waals surface area contributed by atoms with Crippen molar-refractivity contribution in [3.63, 3.8) is 0 Å². The van der Waals surface area contributed by atoms with Crippen LogP contribution in [0.3, 0.4) is 0 Å². The predicted octanol–water partition coefficient (Wildman–Crippen LogP) is 3.88. The number of nitrogens with two attached hydrogens (primary N) is 1. The highest BCUT2D eigenvalue weighted by Crippen LogP contribution is 2.28. The Bertz CT molecular complexity index is 2720. The minimum Gasteiger partial charge on any atom is -0.366 e. The van der Waals surface area contributed by atoms with Gasteiger partial charge in [0, 0.05) is 120 Å². The predicted molar refractivity (Wildman–Crippen MR) is 263 cm³/mol. The summed E-state index contributed by atoms with van der Waals surface area (Å²) < 4.78 is 15.0. The van der Waals surface area contributed by atoms with E-state index in [1.807, 2.05) is 42.2 Å². The Labute approximate surface area is 406 Å². The van der Waals surface area contributed by atoms with Crippen molar-refractivity contribution in [1.29, 1.82) is 5.41 Å². The number of nitrogens with one attached hydrogen (secondary N) is 3. The molecule has 0 radical (unpaired) electrons. The van der Waals surface area contributed by atoms with Crippen LogP contribution in [0.2, 0.25) is 0 Å². The number of piperidine rings is 1. The number of hydrogen-bond donors (Lipinski definition) is 4. The lowest BCUT2D eigenvalue weighted by Crippen LogP contribution is -2.55. The van der Waals surface area contributed by atoms with E-state index in [0.717, 1.165) is 67.9 Å². The number of carbonyl (C=O) groups is 5. The maximum absolute atomic E-state index is 15.0. The topological polar surface area (TPSA) is 214 Å². The van der Waals surface area contributed by atoms with Crippen LogP contribution in [-0.2, 0) is 22.6 Å². The first-order valence-electron chi connectivity index (χ1n) is 23.8. The zero-order chi connectivity index (χ0) is 49.1. The first-order valence-corrected chi connectivity index (χ1v) is 23.8. The first-order chi connectivity index (χ1) is 33.9. The minimum absolute atomic E-state index is 0.00206. The van der Waals surface area contributed by atoms with Crippen molar-refractivity contribution in [2.24, 2.45) is 11.7 Å². The molecule has 2 aromatic heterocycles. The normalized spacial score (nSPS) is 15.9. The molecule has 0 spiro atoms. The molecule has 70 heavy (non-hydrogen) atoms. The number of likely N-dealkylation sites (tertiary alicyclic amines) is 1. The molecule has 17 nitrogen and oxygen atoms in total. The number of pyridine rings is 1. The second-order valence-corrected chi connectivity index (χ2v) is 18.2. The van der Waals surface area contributed by atoms with Crippen molar-refractivity contribution in [2.75, 3.05) is 90.4 Å². The Kier molecular flexibility index (Phi) is 16.1. The number of aromatic nitrogens is 3. The molecular weight excluding hydrogens is 892 g/mol. The van der Waals surface area contributed by atoms with Crippen LogP contribution in [0.15, 0.2) is 97.6 Å². The largest absolute Gasteiger partial charge is 0.366 e. The lowest BCUT2D eigenvalue weighted by atomic mass is 9.95. The molecule has 3 aliphatic heterocycles. The highest BCUT2D eigenvalue weighted by Gasteiger charge is 2.31. The summed E-state index contributed by atoms with van der Waals surface area (Å²) in [5.41, 5.74) is 10.8. The molecule has 0 bridgehead atoms. The van der Waals surface area contributed by atoms with Gasteiger partial charge in [-0.15, -0.1) is 0 Å². The van der Waals surface area contributed by atoms with Gasteiger partial charge in [-0.05, 0) is 67.1 Å². The van der Waals surface area contributed by atoms with Crippen LogP contribution < -0.4 is 16.4 Å². The Balaban J connectivity index is 0.772. The van der Waals surface area contributed by atoms with E-state index in [2.05, 4.69) is 35.4 Å². The molecule has 3 aliphatic rings. The van der Waals surface area contributed by atoms with Crippen molar-refractivity contribution in [2.45, 2.75) is 32.7 Å². The first kappa shape index (κ1) is 49.2. The van der Waals surface area contributed by atoms with Gasteiger partial charge in [0.15, 0.2) is 5.69 Å². The number of anilines is 1. The maximum Gasteiger partial charge on any atom is 0.274 e. The Morgan fingerprint density at radius 3 is 2.17 bits per heavy atom. The molecule has 8 rings (SSSR count). The standard InChI is InChI=1S/C52H59FN12O5/c1-35-5-4-6-38(25-35)39-28-46(60-47(66)31-57-30-40-11-14-56-34-59-40)49(58-29-39)52(70)64-15-12-36(13-16-64)32-61-17-19-62(20-18-61)33-48(67)63-21-23-65(24-22-63)51(69)43-26-37(9-10-44(43)53)27-45(54)41-7-2-3-8-42(41)50(55)68/h2-11,14,25-26,28-29,34,36,54,57H,12-13,15-24,27,30-33H2,1H3,(H2,55,68)(H,60,66). The summed E-state index contributed by atoms with van der Waals surface area (Å²) in [4.78, 5) is 88.6. The van der Waals surface area contributed by atoms with Gasteiger partial charge in [0.2, 0.25) is 17.7 Å². The number of piperazine rings is 2. The molecule has 5 amide bonds. The quantitative estimate of drug-likeness (QED) is 0.104. The van der Waals surface area contributed by atoms with Gasteiger partial charge in [-0.25, -0.2) is 19.3 Å². The van der Waals surface area contributed by atoms with E-state index in [1.54, 1.807) is 52.5 Å². The Morgan fingerprint density at radius 2 is 1.46 bits per heavy atom. The minimum atomic E-state index is -0.664. The molecule has 3 fully saturated rings. The van der Waals surface area contributed by atoms with E-state index < -0.39 is 17.6 Å². The van der Waals surface area contributed by atoms with E-state index in [0.29, 0.717) is 55.5 Å². The molecule has 0 saturated carbocycles. The van der Waals surface area contributed by atoms with Crippen LogP contribution >= 0.6 is 0 Å². The third-order valence-electron chi connectivity index (χ3n) is 13.3. The van der Waals surface area contributed by atoms with Gasteiger partial charge in [-0.2, -0.15) is 0 Å². The third-order valence-corrected chi connectivity index (χ3v) is 13.3. The molecule has 0 atom stereocenters. The molecule has 364 valence electrons. The van der Waals surface area contributed by atoms with Crippen LogP contribution in [0.25, 0.3) is 11.1 Å². The van der Waals surface area contributed by atoms with Crippen molar-refractivity contribution >= 4 is 40.9 Å². The fourth-order valence-electron chi connectivity index (χ4n) is 9.32. The van der Waals surface area contributed by atoms with Crippen LogP contribution in [0.5, 0.6) is 0 Å². The SMILES string of the molecule is Cc1cccc(-c2cnc(C(=O)N3CCC(CN4CCN(CC(=O)N5CCN(C(=O)c6cc(CC(=N)c7ccccc7C(N)=O)ccc6F)CC5)CC4)CC3)c(NC(=O)CNCc3ccncn3)c2)c1. The summed E-state index contributed by atoms with van der Waals surface area (Å²) in [5.74, 6) is -1.90. The van der Waals surface area contributed by atoms with Crippen molar-refractivity contribution < 1.29 is 28.4 Å². The van der Waals surface area contributed by atoms with Gasteiger partial charge in [-0.1, -0.05) is 54.1 Å². The molecule has 0 aliphatic carbocycles. The molecule has 5 N–H and O–H groups in total. The summed E-state index contributed by atoms with van der Waals surface area (Å²) >= 11 is 0. The molecule has 5 aromatic rings. The van der Waals surface area contributed by atoms with E-state index >= 15 is 4.39 Å². The number of carbonyl (C=O) groups excluding carboxylic acids is 5. The molecule has 3 aromatic carbocycles. The number of nitrogens with zero attached hydrogens (tertiary/aromatic N) is 8. The van der Waals surface area contributed by atoms with Gasteiger partial charge in [-0.3, -0.25) is 28.9 Å². The highest BCUT2D eigenvalue weighted by molar-refractivity contribution is 6.09. The number of hydrogen-bond acceptors (Lipinski definition) is 12. The van der Waals surface area contributed by atoms with Crippen LogP contribution in [0.1, 0.15) is 66.4 Å². The number of primary amides is 1. The lowest BCUT2D eigenvalue weighted by Gasteiger charge is -2.40. The zero-order valence-electron chi connectivity index (χ0n) is 39.4. The van der Waals surface area contributed by atoms with E-state index in [9.17, 15) is 24.0 Å². The molecule has 18 heteroatoms. The molecular formula is C52H59FN12O5. The summed E-state index contributed by atoms with van der Waals surface area (Å²) in [6.07, 6.45) is 6.54. The van der Waals surface area contributed by atoms with Crippen molar-refractivity contribution in [3.8, 4) is 11.1 Å². The van der Waals surface area contributed by atoms with Crippen molar-refractivity contribution in [1.82, 2.24) is 44.8 Å². The van der Waals surface area contributed by atoms with Gasteiger partial charge in [0.05, 0.1) is 30.0 Å². The smallest absolute Gasteiger partial charge is 0.274 e. The Hall–Kier alpha value is -7.28. The van der Waals surface area contributed by atoms with Gasteiger partial charge in [0.25, 0.3) is 11.8 Å². The van der Waals surface area contributed by atoms with Crippen LogP contribution in [0, 0.1) is 24.1 Å². The average molecular weight is 951 g/mol. The fraction of sp³-hybridized carbons (Fsp3) is 0.365. The molecule has 5 heterocycles. The summed E-state index contributed by atoms with van der Waals surface area (Å²) in [7, 11) is 0. The number of amides is 5. The van der Waals surface area contributed by atoms with Crippen LogP contribution in [0.4, 0.5) is 10.1 Å². The zero-order valence-corrected chi connectivity index (χ0v) is 39.4. The average Bonchev–Trinajstić information content (AvgIpc) is 3.37. The van der Waals surface area contributed by atoms with Gasteiger partial charge >= 0.3 is 0 Å². The third kappa shape index (κ3) is 12.5. The van der Waals surface area contributed by atoms with Gasteiger partial charge < -0.3 is 41.4 Å². The number of rotatable bonds is 16. The molecule has 0 unspecified atom stereocenters. The number of benzene rings is 3. The second-order valence-electron chi connectivity index (χ2n) is 18.2. The summed E-state index contributed by atoms with van der Waals surface area (Å²) in [6.45, 7) is 9.13. The highest BCUT2D eigenvalue weighted by atomic mass is 19.1. The van der Waals surface area contributed by atoms with E-state index in [-0.39, 0.29) is 72.9 Å². The Morgan fingerprint density at radius 1 is 0.743 bits per heavy atom. The van der Waals surface area contributed by atoms with Crippen LogP contribution in [-0.4, -0.2) is 160 Å². The van der Waals surface area contributed by atoms with E-state index in [1.165, 1.54) is 24.5 Å². The summed E-state index contributed by atoms with van der Waals surface area (Å²) in [5, 5.41) is 14.6. The monoisotopic (exact) mass is 950 g/mol. The lowest BCUT2D eigenvalue weighted by molar-refractivity contribution is -0.134. The maximum atomic E-state index is 15.0. The fourth-order valence-corrected chi connectivity index (χ4v) is 9.32. The van der Waals surface area contributed by atoms with Crippen molar-refractivity contribution in [3.05, 3.63) is 143 Å². The van der Waals surface area contributed by atoms with Gasteiger partial charge in [0.1, 0.15) is 12.1 Å².